The number of aliphatic hydroxyl groups excluding tert-OH is 1. The van der Waals surface area contributed by atoms with Gasteiger partial charge >= 0.3 is 0 Å². The van der Waals surface area contributed by atoms with Gasteiger partial charge in [-0.1, -0.05) is 41.8 Å². The molecule has 3 atom stereocenters. The number of halogens is 2. The molecule has 176 valence electrons. The molecular formula is C27H27ClFN3O2. The van der Waals surface area contributed by atoms with Crippen molar-refractivity contribution in [1.82, 2.24) is 15.1 Å². The lowest BCUT2D eigenvalue weighted by molar-refractivity contribution is -0.124. The highest BCUT2D eigenvalue weighted by molar-refractivity contribution is 6.30. The molecule has 2 N–H and O–H groups in total. The fourth-order valence-corrected chi connectivity index (χ4v) is 5.86. The first-order valence-corrected chi connectivity index (χ1v) is 12.0. The van der Waals surface area contributed by atoms with Gasteiger partial charge in [-0.15, -0.1) is 0 Å². The van der Waals surface area contributed by atoms with Crippen molar-refractivity contribution in [2.24, 2.45) is 5.92 Å². The molecule has 1 unspecified atom stereocenters. The zero-order valence-electron chi connectivity index (χ0n) is 19.0. The minimum atomic E-state index is -0.544. The van der Waals surface area contributed by atoms with E-state index in [4.69, 9.17) is 11.6 Å². The molecule has 2 aliphatic carbocycles. The minimum Gasteiger partial charge on any atom is -0.387 e. The van der Waals surface area contributed by atoms with Crippen LogP contribution in [0.15, 0.2) is 65.9 Å². The van der Waals surface area contributed by atoms with Gasteiger partial charge in [-0.25, -0.2) is 9.07 Å². The van der Waals surface area contributed by atoms with Gasteiger partial charge in [-0.05, 0) is 67.1 Å². The van der Waals surface area contributed by atoms with Crippen molar-refractivity contribution in [2.45, 2.75) is 44.6 Å². The maximum Gasteiger partial charge on any atom is 0.246 e. The fraction of sp³-hybridized carbons (Fsp3) is 0.333. The summed E-state index contributed by atoms with van der Waals surface area (Å²) >= 11 is 6.23. The van der Waals surface area contributed by atoms with E-state index in [1.54, 1.807) is 12.1 Å². The first-order valence-electron chi connectivity index (χ1n) is 11.6. The molecule has 34 heavy (non-hydrogen) atoms. The molecule has 3 aromatic rings. The standard InChI is InChI=1S/C27H27ClFN3O2/c1-16-23-14-30-32(22-9-7-21(29)8-10-22)25(23)13-19-6-5-18(27(16)19)12-24(31-26(34)15-33)17-3-2-4-20(28)11-17/h2-4,7-11,14,16,18,24,33H,5-6,12-13,15H2,1H3,(H,31,34)/t16-,18+,24?/m0/s1. The normalized spacial score (nSPS) is 20.1. The van der Waals surface area contributed by atoms with Crippen LogP contribution >= 0.6 is 11.6 Å². The Balaban J connectivity index is 1.42. The highest BCUT2D eigenvalue weighted by atomic mass is 35.5. The van der Waals surface area contributed by atoms with Crippen LogP contribution in [0.1, 0.15) is 55.0 Å². The van der Waals surface area contributed by atoms with Gasteiger partial charge < -0.3 is 10.4 Å². The largest absolute Gasteiger partial charge is 0.387 e. The number of fused-ring (bicyclic) bond motifs is 1. The molecule has 0 radical (unpaired) electrons. The van der Waals surface area contributed by atoms with Gasteiger partial charge in [-0.2, -0.15) is 5.10 Å². The van der Waals surface area contributed by atoms with E-state index in [1.165, 1.54) is 34.5 Å². The predicted molar refractivity (Wildman–Crippen MR) is 129 cm³/mol. The van der Waals surface area contributed by atoms with E-state index in [2.05, 4.69) is 17.3 Å². The average Bonchev–Trinajstić information content (AvgIpc) is 3.44. The average molecular weight is 480 g/mol. The third-order valence-corrected chi connectivity index (χ3v) is 7.41. The molecule has 0 aliphatic heterocycles. The Hall–Kier alpha value is -2.96. The highest BCUT2D eigenvalue weighted by Crippen LogP contribution is 2.49. The molecule has 1 heterocycles. The quantitative estimate of drug-likeness (QED) is 0.473. The lowest BCUT2D eigenvalue weighted by Gasteiger charge is -2.29. The van der Waals surface area contributed by atoms with E-state index in [9.17, 15) is 14.3 Å². The van der Waals surface area contributed by atoms with E-state index in [1.807, 2.05) is 35.1 Å². The van der Waals surface area contributed by atoms with Gasteiger partial charge in [0, 0.05) is 22.9 Å². The van der Waals surface area contributed by atoms with Gasteiger partial charge in [0.1, 0.15) is 12.4 Å². The van der Waals surface area contributed by atoms with Crippen LogP contribution in [-0.2, 0) is 11.2 Å². The smallest absolute Gasteiger partial charge is 0.246 e. The Kier molecular flexibility index (Phi) is 6.28. The number of aromatic nitrogens is 2. The zero-order valence-corrected chi connectivity index (χ0v) is 19.7. The second kappa shape index (κ2) is 9.35. The van der Waals surface area contributed by atoms with Gasteiger partial charge in [0.05, 0.1) is 23.6 Å². The summed E-state index contributed by atoms with van der Waals surface area (Å²) in [6.45, 7) is 1.68. The van der Waals surface area contributed by atoms with Crippen LogP contribution in [0.25, 0.3) is 5.69 Å². The molecule has 0 saturated heterocycles. The van der Waals surface area contributed by atoms with Gasteiger partial charge in [0.25, 0.3) is 0 Å². The van der Waals surface area contributed by atoms with Gasteiger partial charge in [0.2, 0.25) is 5.91 Å². The molecule has 1 amide bonds. The molecule has 7 heteroatoms. The molecule has 0 fully saturated rings. The van der Waals surface area contributed by atoms with Crippen LogP contribution in [0.5, 0.6) is 0 Å². The van der Waals surface area contributed by atoms with E-state index < -0.39 is 12.5 Å². The van der Waals surface area contributed by atoms with Crippen molar-refractivity contribution in [3.8, 4) is 5.69 Å². The van der Waals surface area contributed by atoms with Crippen LogP contribution in [0, 0.1) is 11.7 Å². The fourth-order valence-electron chi connectivity index (χ4n) is 5.66. The van der Waals surface area contributed by atoms with E-state index in [-0.39, 0.29) is 17.8 Å². The monoisotopic (exact) mass is 479 g/mol. The molecule has 5 nitrogen and oxygen atoms in total. The number of allylic oxidation sites excluding steroid dienone is 2. The summed E-state index contributed by atoms with van der Waals surface area (Å²) in [6, 6.07) is 13.7. The summed E-state index contributed by atoms with van der Waals surface area (Å²) in [5.74, 6) is -0.120. The Labute approximate surface area is 203 Å². The molecule has 0 spiro atoms. The highest BCUT2D eigenvalue weighted by Gasteiger charge is 2.37. The van der Waals surface area contributed by atoms with Crippen LogP contribution in [0.2, 0.25) is 5.02 Å². The molecule has 1 aromatic heterocycles. The number of aliphatic hydroxyl groups is 1. The molecule has 0 saturated carbocycles. The third kappa shape index (κ3) is 4.28. The lowest BCUT2D eigenvalue weighted by atomic mass is 9.78. The van der Waals surface area contributed by atoms with Crippen molar-refractivity contribution in [3.63, 3.8) is 0 Å². The predicted octanol–water partition coefficient (Wildman–Crippen LogP) is 5.27. The molecule has 5 rings (SSSR count). The summed E-state index contributed by atoms with van der Waals surface area (Å²) < 4.78 is 15.3. The number of hydrogen-bond acceptors (Lipinski definition) is 3. The Morgan fingerprint density at radius 3 is 2.82 bits per heavy atom. The number of carbonyl (C=O) groups is 1. The van der Waals surface area contributed by atoms with Gasteiger partial charge in [0.15, 0.2) is 0 Å². The van der Waals surface area contributed by atoms with Crippen molar-refractivity contribution >= 4 is 17.5 Å². The van der Waals surface area contributed by atoms with E-state index in [0.717, 1.165) is 36.9 Å². The first kappa shape index (κ1) is 22.8. The van der Waals surface area contributed by atoms with Crippen molar-refractivity contribution in [2.75, 3.05) is 6.61 Å². The summed E-state index contributed by atoms with van der Waals surface area (Å²) in [5, 5.41) is 17.6. The molecule has 2 aromatic carbocycles. The number of hydrogen-bond donors (Lipinski definition) is 2. The summed E-state index contributed by atoms with van der Waals surface area (Å²) in [7, 11) is 0. The SMILES string of the molecule is C[C@@H]1C2=C(CC[C@@H]2CC(NC(=O)CO)c2cccc(Cl)c2)Cc2c1cnn2-c1ccc(F)cc1. The Morgan fingerprint density at radius 2 is 2.09 bits per heavy atom. The van der Waals surface area contributed by atoms with Crippen molar-refractivity contribution in [3.05, 3.63) is 93.5 Å². The lowest BCUT2D eigenvalue weighted by Crippen LogP contribution is -2.32. The number of nitrogens with zero attached hydrogens (tertiary/aromatic N) is 2. The second-order valence-electron chi connectivity index (χ2n) is 9.20. The van der Waals surface area contributed by atoms with Crippen molar-refractivity contribution in [1.29, 1.82) is 0 Å². The minimum absolute atomic E-state index is 0.217. The van der Waals surface area contributed by atoms with Crippen LogP contribution in [0.4, 0.5) is 4.39 Å². The third-order valence-electron chi connectivity index (χ3n) is 7.18. The number of amides is 1. The van der Waals surface area contributed by atoms with E-state index >= 15 is 0 Å². The molecular weight excluding hydrogens is 453 g/mol. The maximum absolute atomic E-state index is 13.4. The summed E-state index contributed by atoms with van der Waals surface area (Å²) in [4.78, 5) is 12.1. The number of rotatable bonds is 6. The van der Waals surface area contributed by atoms with E-state index in [0.29, 0.717) is 10.9 Å². The van der Waals surface area contributed by atoms with Crippen LogP contribution < -0.4 is 5.32 Å². The second-order valence-corrected chi connectivity index (χ2v) is 9.63. The molecule has 0 bridgehead atoms. The summed E-state index contributed by atoms with van der Waals surface area (Å²) in [5.41, 5.74) is 7.05. The Morgan fingerprint density at radius 1 is 1.29 bits per heavy atom. The van der Waals surface area contributed by atoms with Crippen LogP contribution in [0.3, 0.4) is 0 Å². The zero-order chi connectivity index (χ0) is 23.8. The first-order chi connectivity index (χ1) is 16.4. The molecule has 2 aliphatic rings. The number of nitrogens with one attached hydrogen (secondary N) is 1. The number of carbonyl (C=O) groups excluding carboxylic acids is 1. The Bertz CT molecular complexity index is 1250. The summed E-state index contributed by atoms with van der Waals surface area (Å²) in [6.07, 6.45) is 5.54. The van der Waals surface area contributed by atoms with Crippen LogP contribution in [-0.4, -0.2) is 27.4 Å². The van der Waals surface area contributed by atoms with Crippen molar-refractivity contribution < 1.29 is 14.3 Å². The topological polar surface area (TPSA) is 67.2 Å². The maximum atomic E-state index is 13.4. The van der Waals surface area contributed by atoms with Gasteiger partial charge in [-0.3, -0.25) is 4.79 Å². The number of benzene rings is 2.